The average Bonchev–Trinajstić information content (AvgIpc) is 3.10. The molecule has 0 heterocycles. The van der Waals surface area contributed by atoms with E-state index in [1.807, 2.05) is 6.92 Å². The van der Waals surface area contributed by atoms with Crippen molar-refractivity contribution in [2.45, 2.75) is 33.1 Å². The van der Waals surface area contributed by atoms with Crippen molar-refractivity contribution < 1.29 is 19.8 Å². The molecule has 0 aromatic rings. The number of hydrogen-bond acceptors (Lipinski definition) is 2. The third kappa shape index (κ3) is 1.67. The fraction of sp³-hybridized carbons (Fsp3) is 0.571. The van der Waals surface area contributed by atoms with Crippen LogP contribution < -0.4 is 0 Å². The van der Waals surface area contributed by atoms with Crippen LogP contribution >= 0.6 is 0 Å². The van der Waals surface area contributed by atoms with Crippen molar-refractivity contribution >= 4 is 11.9 Å². The second-order valence-corrected chi connectivity index (χ2v) is 5.21. The van der Waals surface area contributed by atoms with E-state index in [0.29, 0.717) is 17.6 Å². The molecule has 0 radical (unpaired) electrons. The molecule has 2 atom stereocenters. The molecule has 2 aliphatic carbocycles. The van der Waals surface area contributed by atoms with Crippen LogP contribution in [0.1, 0.15) is 33.1 Å². The van der Waals surface area contributed by atoms with Gasteiger partial charge in [0.1, 0.15) is 0 Å². The van der Waals surface area contributed by atoms with Gasteiger partial charge in [0.15, 0.2) is 0 Å². The molecule has 0 amide bonds. The molecule has 18 heavy (non-hydrogen) atoms. The van der Waals surface area contributed by atoms with Gasteiger partial charge >= 0.3 is 11.9 Å². The van der Waals surface area contributed by atoms with E-state index in [4.69, 9.17) is 0 Å². The van der Waals surface area contributed by atoms with Crippen LogP contribution in [0.3, 0.4) is 0 Å². The number of allylic oxidation sites excluding steroid dienone is 2. The average molecular weight is 250 g/mol. The minimum Gasteiger partial charge on any atom is -0.481 e. The summed E-state index contributed by atoms with van der Waals surface area (Å²) in [5.41, 5.74) is 0.271. The Hall–Kier alpha value is -1.58. The number of carboxylic acid groups (broad SMARTS) is 2. The standard InChI is InChI=1S/C14H18O4/c1-3-14(9-5-6-9)10(12(15)16)7-4-8(2)11(14)13(17)18/h4,7,9-10H,3,5-6H2,1-2H3,(H,15,16)(H,17,18). The highest BCUT2D eigenvalue weighted by Crippen LogP contribution is 2.59. The summed E-state index contributed by atoms with van der Waals surface area (Å²) >= 11 is 0. The molecular formula is C14H18O4. The summed E-state index contributed by atoms with van der Waals surface area (Å²) in [6, 6.07) is 0. The highest BCUT2D eigenvalue weighted by Gasteiger charge is 2.56. The highest BCUT2D eigenvalue weighted by molar-refractivity contribution is 5.92. The van der Waals surface area contributed by atoms with Gasteiger partial charge in [0.2, 0.25) is 0 Å². The van der Waals surface area contributed by atoms with Gasteiger partial charge < -0.3 is 10.2 Å². The Balaban J connectivity index is 2.61. The van der Waals surface area contributed by atoms with E-state index >= 15 is 0 Å². The van der Waals surface area contributed by atoms with Crippen LogP contribution in [0.25, 0.3) is 0 Å². The number of carbonyl (C=O) groups is 2. The molecule has 1 saturated carbocycles. The van der Waals surface area contributed by atoms with E-state index in [-0.39, 0.29) is 5.92 Å². The molecule has 2 aliphatic rings. The van der Waals surface area contributed by atoms with Crippen LogP contribution in [0, 0.1) is 17.3 Å². The Morgan fingerprint density at radius 2 is 2.00 bits per heavy atom. The molecule has 0 aliphatic heterocycles. The summed E-state index contributed by atoms with van der Waals surface area (Å²) in [5, 5.41) is 18.9. The molecule has 0 saturated heterocycles. The molecule has 98 valence electrons. The largest absolute Gasteiger partial charge is 0.481 e. The van der Waals surface area contributed by atoms with Crippen LogP contribution in [-0.4, -0.2) is 22.2 Å². The van der Waals surface area contributed by atoms with Crippen molar-refractivity contribution in [1.82, 2.24) is 0 Å². The summed E-state index contributed by atoms with van der Waals surface area (Å²) in [7, 11) is 0. The molecule has 0 bridgehead atoms. The first-order valence-corrected chi connectivity index (χ1v) is 6.30. The lowest BCUT2D eigenvalue weighted by molar-refractivity contribution is -0.145. The number of hydrogen-bond donors (Lipinski definition) is 2. The van der Waals surface area contributed by atoms with Gasteiger partial charge in [0.05, 0.1) is 5.92 Å². The van der Waals surface area contributed by atoms with E-state index in [1.54, 1.807) is 19.1 Å². The van der Waals surface area contributed by atoms with Crippen LogP contribution in [0.4, 0.5) is 0 Å². The monoisotopic (exact) mass is 250 g/mol. The Morgan fingerprint density at radius 3 is 2.39 bits per heavy atom. The summed E-state index contributed by atoms with van der Waals surface area (Å²) in [5.74, 6) is -2.43. The van der Waals surface area contributed by atoms with Gasteiger partial charge in [-0.3, -0.25) is 4.79 Å². The lowest BCUT2D eigenvalue weighted by atomic mass is 9.61. The fourth-order valence-corrected chi connectivity index (χ4v) is 3.43. The zero-order valence-corrected chi connectivity index (χ0v) is 10.6. The Morgan fingerprint density at radius 1 is 1.39 bits per heavy atom. The van der Waals surface area contributed by atoms with E-state index in [1.165, 1.54) is 0 Å². The van der Waals surface area contributed by atoms with Crippen molar-refractivity contribution in [3.05, 3.63) is 23.3 Å². The Labute approximate surface area is 106 Å². The van der Waals surface area contributed by atoms with E-state index in [2.05, 4.69) is 0 Å². The first-order chi connectivity index (χ1) is 8.45. The fourth-order valence-electron chi connectivity index (χ4n) is 3.43. The van der Waals surface area contributed by atoms with Crippen molar-refractivity contribution in [3.63, 3.8) is 0 Å². The summed E-state index contributed by atoms with van der Waals surface area (Å²) in [6.45, 7) is 3.65. The lowest BCUT2D eigenvalue weighted by Gasteiger charge is -2.40. The SMILES string of the molecule is CCC1(C2CC2)C(C(=O)O)=C(C)C=CC1C(=O)O. The minimum absolute atomic E-state index is 0.189. The van der Waals surface area contributed by atoms with Gasteiger partial charge in [-0.1, -0.05) is 19.1 Å². The van der Waals surface area contributed by atoms with Crippen LogP contribution in [0.5, 0.6) is 0 Å². The first kappa shape index (κ1) is 12.9. The molecule has 2 rings (SSSR count). The van der Waals surface area contributed by atoms with Gasteiger partial charge in [-0.05, 0) is 37.7 Å². The minimum atomic E-state index is -0.975. The van der Waals surface area contributed by atoms with Crippen molar-refractivity contribution in [2.24, 2.45) is 17.3 Å². The quantitative estimate of drug-likeness (QED) is 0.803. The molecule has 1 fully saturated rings. The smallest absolute Gasteiger partial charge is 0.332 e. The molecule has 2 unspecified atom stereocenters. The number of aliphatic carboxylic acids is 2. The molecule has 2 N–H and O–H groups in total. The van der Waals surface area contributed by atoms with Gasteiger partial charge in [-0.2, -0.15) is 0 Å². The van der Waals surface area contributed by atoms with Gasteiger partial charge in [0, 0.05) is 11.0 Å². The highest BCUT2D eigenvalue weighted by atomic mass is 16.4. The maximum Gasteiger partial charge on any atom is 0.332 e. The Bertz CT molecular complexity index is 456. The zero-order valence-electron chi connectivity index (χ0n) is 10.6. The predicted molar refractivity (Wildman–Crippen MR) is 66.0 cm³/mol. The topological polar surface area (TPSA) is 74.6 Å². The predicted octanol–water partition coefficient (Wildman–Crippen LogP) is 2.46. The third-order valence-electron chi connectivity index (χ3n) is 4.32. The molecular weight excluding hydrogens is 232 g/mol. The maximum absolute atomic E-state index is 11.6. The van der Waals surface area contributed by atoms with Crippen LogP contribution in [0.2, 0.25) is 0 Å². The second-order valence-electron chi connectivity index (χ2n) is 5.21. The first-order valence-electron chi connectivity index (χ1n) is 6.30. The van der Waals surface area contributed by atoms with Crippen LogP contribution in [-0.2, 0) is 9.59 Å². The lowest BCUT2D eigenvalue weighted by Crippen LogP contribution is -2.42. The normalized spacial score (nSPS) is 31.6. The third-order valence-corrected chi connectivity index (χ3v) is 4.32. The summed E-state index contributed by atoms with van der Waals surface area (Å²) < 4.78 is 0. The van der Waals surface area contributed by atoms with E-state index in [0.717, 1.165) is 12.8 Å². The maximum atomic E-state index is 11.6. The number of rotatable bonds is 4. The van der Waals surface area contributed by atoms with Crippen molar-refractivity contribution in [1.29, 1.82) is 0 Å². The van der Waals surface area contributed by atoms with Crippen molar-refractivity contribution in [2.75, 3.05) is 0 Å². The van der Waals surface area contributed by atoms with Crippen molar-refractivity contribution in [3.8, 4) is 0 Å². The Kier molecular flexibility index (Phi) is 3.05. The second kappa shape index (κ2) is 4.26. The molecule has 0 aromatic carbocycles. The van der Waals surface area contributed by atoms with Gasteiger partial charge in [-0.15, -0.1) is 0 Å². The molecule has 0 spiro atoms. The zero-order chi connectivity index (χ0) is 13.5. The summed E-state index contributed by atoms with van der Waals surface area (Å²) in [6.07, 6.45) is 5.70. The summed E-state index contributed by atoms with van der Waals surface area (Å²) in [4.78, 5) is 23.0. The van der Waals surface area contributed by atoms with Gasteiger partial charge in [-0.25, -0.2) is 4.79 Å². The molecule has 4 heteroatoms. The van der Waals surface area contributed by atoms with E-state index < -0.39 is 23.3 Å². The molecule has 0 aromatic heterocycles. The van der Waals surface area contributed by atoms with E-state index in [9.17, 15) is 19.8 Å². The van der Waals surface area contributed by atoms with Crippen LogP contribution in [0.15, 0.2) is 23.3 Å². The number of carboxylic acids is 2. The molecule has 4 nitrogen and oxygen atoms in total. The van der Waals surface area contributed by atoms with Gasteiger partial charge in [0.25, 0.3) is 0 Å².